The number of sulfone groups is 1. The molecule has 0 unspecified atom stereocenters. The van der Waals surface area contributed by atoms with E-state index in [0.29, 0.717) is 26.1 Å². The average Bonchev–Trinajstić information content (AvgIpc) is 3.04. The van der Waals surface area contributed by atoms with Gasteiger partial charge in [0.1, 0.15) is 0 Å². The Morgan fingerprint density at radius 2 is 1.68 bits per heavy atom. The number of nitrogens with zero attached hydrogens (tertiary/aromatic N) is 4. The van der Waals surface area contributed by atoms with E-state index in [4.69, 9.17) is 23.2 Å². The predicted molar refractivity (Wildman–Crippen MR) is 101 cm³/mol. The van der Waals surface area contributed by atoms with E-state index in [9.17, 15) is 8.42 Å². The Morgan fingerprint density at radius 3 is 2.20 bits per heavy atom. The van der Waals surface area contributed by atoms with Crippen molar-refractivity contribution in [3.63, 3.8) is 0 Å². The molecule has 0 amide bonds. The molecule has 25 heavy (non-hydrogen) atoms. The first-order chi connectivity index (χ1) is 11.7. The molecule has 0 aliphatic carbocycles. The first-order valence-electron chi connectivity index (χ1n) is 7.03. The highest BCUT2D eigenvalue weighted by molar-refractivity contribution is 8.01. The summed E-state index contributed by atoms with van der Waals surface area (Å²) in [5.41, 5.74) is 1.19. The minimum atomic E-state index is -3.94. The van der Waals surface area contributed by atoms with Crippen LogP contribution in [-0.2, 0) is 9.84 Å². The molecule has 3 aromatic rings. The average molecular weight is 435 g/mol. The zero-order valence-corrected chi connectivity index (χ0v) is 17.3. The van der Waals surface area contributed by atoms with Gasteiger partial charge in [-0.05, 0) is 24.3 Å². The Labute approximate surface area is 162 Å². The number of fused-ring (bicyclic) bond motifs is 1. The summed E-state index contributed by atoms with van der Waals surface area (Å²) in [7, 11) is -3.94. The molecule has 0 aliphatic rings. The maximum atomic E-state index is 13.0. The Hall–Kier alpha value is -1.00. The highest BCUT2D eigenvalue weighted by atomic mass is 35.5. The molecule has 2 aromatic heterocycles. The van der Waals surface area contributed by atoms with Crippen LogP contribution in [0.2, 0.25) is 10.0 Å². The van der Waals surface area contributed by atoms with Crippen LogP contribution in [0.4, 0.5) is 0 Å². The van der Waals surface area contributed by atoms with Crippen LogP contribution in [0.5, 0.6) is 0 Å². The SMILES string of the molecule is CSc1nnc(S(=O)(=O)c2nc3cc(Cl)c(Cl)cc3nc2C(C)C)s1. The third kappa shape index (κ3) is 3.48. The van der Waals surface area contributed by atoms with E-state index in [2.05, 4.69) is 20.2 Å². The number of hydrogen-bond acceptors (Lipinski definition) is 8. The van der Waals surface area contributed by atoms with E-state index in [1.165, 1.54) is 17.8 Å². The molecule has 132 valence electrons. The van der Waals surface area contributed by atoms with Crippen molar-refractivity contribution in [3.05, 3.63) is 27.9 Å². The molecule has 2 heterocycles. The molecule has 0 atom stereocenters. The Bertz CT molecular complexity index is 1070. The number of benzene rings is 1. The third-order valence-corrected chi connectivity index (χ3v) is 7.97. The van der Waals surface area contributed by atoms with Crippen molar-refractivity contribution in [2.45, 2.75) is 33.5 Å². The lowest BCUT2D eigenvalue weighted by Gasteiger charge is -2.12. The van der Waals surface area contributed by atoms with Gasteiger partial charge in [0, 0.05) is 0 Å². The van der Waals surface area contributed by atoms with Gasteiger partial charge in [-0.2, -0.15) is 0 Å². The Morgan fingerprint density at radius 1 is 1.08 bits per heavy atom. The van der Waals surface area contributed by atoms with Gasteiger partial charge in [0.25, 0.3) is 9.84 Å². The van der Waals surface area contributed by atoms with Crippen molar-refractivity contribution in [1.82, 2.24) is 20.2 Å². The van der Waals surface area contributed by atoms with Crippen molar-refractivity contribution < 1.29 is 8.42 Å². The summed E-state index contributed by atoms with van der Waals surface area (Å²) in [5.74, 6) is -0.163. The molecule has 0 N–H and O–H groups in total. The van der Waals surface area contributed by atoms with Gasteiger partial charge in [-0.15, -0.1) is 10.2 Å². The summed E-state index contributed by atoms with van der Waals surface area (Å²) in [6, 6.07) is 3.08. The van der Waals surface area contributed by atoms with Crippen LogP contribution in [0.15, 0.2) is 25.8 Å². The van der Waals surface area contributed by atoms with Crippen LogP contribution in [-0.4, -0.2) is 34.8 Å². The second kappa shape index (κ2) is 6.96. The quantitative estimate of drug-likeness (QED) is 0.559. The lowest BCUT2D eigenvalue weighted by Crippen LogP contribution is -2.11. The molecule has 0 fully saturated rings. The maximum absolute atomic E-state index is 13.0. The number of thioether (sulfide) groups is 1. The standard InChI is InChI=1S/C14H12Cl2N4O2S3/c1-6(2)11-12(25(21,22)14-20-19-13(23-3)24-14)18-10-5-8(16)7(15)4-9(10)17-11/h4-6H,1-3H3. The molecule has 0 saturated carbocycles. The monoisotopic (exact) mass is 434 g/mol. The molecular formula is C14H12Cl2N4O2S3. The lowest BCUT2D eigenvalue weighted by atomic mass is 10.1. The second-order valence-corrected chi connectivity index (χ2v) is 10.2. The molecule has 0 spiro atoms. The number of halogens is 2. The first-order valence-corrected chi connectivity index (χ1v) is 11.3. The number of hydrogen-bond donors (Lipinski definition) is 0. The molecule has 6 nitrogen and oxygen atoms in total. The van der Waals surface area contributed by atoms with Crippen molar-refractivity contribution in [2.75, 3.05) is 6.26 Å². The molecule has 0 bridgehead atoms. The molecule has 1 aromatic carbocycles. The minimum Gasteiger partial charge on any atom is -0.248 e. The van der Waals surface area contributed by atoms with E-state index in [0.717, 1.165) is 11.3 Å². The smallest absolute Gasteiger partial charge is 0.248 e. The van der Waals surface area contributed by atoms with Crippen molar-refractivity contribution in [1.29, 1.82) is 0 Å². The van der Waals surface area contributed by atoms with Crippen LogP contribution in [0.3, 0.4) is 0 Å². The van der Waals surface area contributed by atoms with Crippen molar-refractivity contribution in [3.8, 4) is 0 Å². The van der Waals surface area contributed by atoms with Crippen molar-refractivity contribution in [2.24, 2.45) is 0 Å². The molecule has 3 rings (SSSR count). The van der Waals surface area contributed by atoms with Crippen LogP contribution >= 0.6 is 46.3 Å². The fraction of sp³-hybridized carbons (Fsp3) is 0.286. The van der Waals surface area contributed by atoms with Gasteiger partial charge in [0.05, 0.1) is 26.8 Å². The van der Waals surface area contributed by atoms with Crippen LogP contribution in [0, 0.1) is 0 Å². The lowest BCUT2D eigenvalue weighted by molar-refractivity contribution is 0.586. The van der Waals surface area contributed by atoms with E-state index in [-0.39, 0.29) is 20.3 Å². The summed E-state index contributed by atoms with van der Waals surface area (Å²) >= 11 is 14.4. The summed E-state index contributed by atoms with van der Waals surface area (Å²) in [6.07, 6.45) is 1.80. The van der Waals surface area contributed by atoms with Crippen LogP contribution in [0.1, 0.15) is 25.5 Å². The van der Waals surface area contributed by atoms with Crippen LogP contribution in [0.25, 0.3) is 11.0 Å². The summed E-state index contributed by atoms with van der Waals surface area (Å²) < 4.78 is 26.5. The second-order valence-electron chi connectivity index (χ2n) is 5.37. The summed E-state index contributed by atoms with van der Waals surface area (Å²) in [4.78, 5) is 8.78. The van der Waals surface area contributed by atoms with Gasteiger partial charge in [-0.1, -0.05) is 60.1 Å². The number of rotatable bonds is 4. The molecule has 11 heteroatoms. The highest BCUT2D eigenvalue weighted by Gasteiger charge is 2.30. The third-order valence-electron chi connectivity index (χ3n) is 3.29. The fourth-order valence-corrected chi connectivity index (χ4v) is 5.57. The normalized spacial score (nSPS) is 12.2. The summed E-state index contributed by atoms with van der Waals surface area (Å²) in [5, 5.41) is 8.14. The maximum Gasteiger partial charge on any atom is 0.254 e. The van der Waals surface area contributed by atoms with E-state index < -0.39 is 9.84 Å². The zero-order valence-electron chi connectivity index (χ0n) is 13.3. The van der Waals surface area contributed by atoms with Gasteiger partial charge in [0.2, 0.25) is 4.34 Å². The topological polar surface area (TPSA) is 85.7 Å². The minimum absolute atomic E-state index is 0.104. The predicted octanol–water partition coefficient (Wildman–Crippen LogP) is 4.47. The number of aromatic nitrogens is 4. The zero-order chi connectivity index (χ0) is 18.4. The van der Waals surface area contributed by atoms with E-state index >= 15 is 0 Å². The fourth-order valence-electron chi connectivity index (χ4n) is 2.09. The first kappa shape index (κ1) is 18.8. The largest absolute Gasteiger partial charge is 0.254 e. The van der Waals surface area contributed by atoms with E-state index in [1.54, 1.807) is 12.3 Å². The van der Waals surface area contributed by atoms with Gasteiger partial charge >= 0.3 is 0 Å². The molecule has 0 aliphatic heterocycles. The highest BCUT2D eigenvalue weighted by Crippen LogP contribution is 2.33. The Kier molecular flexibility index (Phi) is 5.23. The van der Waals surface area contributed by atoms with Crippen LogP contribution < -0.4 is 0 Å². The van der Waals surface area contributed by atoms with E-state index in [1.807, 2.05) is 13.8 Å². The van der Waals surface area contributed by atoms with Gasteiger partial charge in [-0.25, -0.2) is 18.4 Å². The van der Waals surface area contributed by atoms with Gasteiger partial charge in [0.15, 0.2) is 9.37 Å². The van der Waals surface area contributed by atoms with Crippen molar-refractivity contribution >= 4 is 67.2 Å². The molecular weight excluding hydrogens is 423 g/mol. The van der Waals surface area contributed by atoms with Gasteiger partial charge < -0.3 is 0 Å². The molecule has 0 saturated heterocycles. The summed E-state index contributed by atoms with van der Waals surface area (Å²) in [6.45, 7) is 3.69. The van der Waals surface area contributed by atoms with Gasteiger partial charge in [-0.3, -0.25) is 0 Å². The molecule has 0 radical (unpaired) electrons. The Balaban J connectivity index is 2.29.